The number of rotatable bonds is 6. The highest BCUT2D eigenvalue weighted by atomic mass is 35.5. The first-order chi connectivity index (χ1) is 15.1. The number of sulfonamides is 1. The summed E-state index contributed by atoms with van der Waals surface area (Å²) in [6.45, 7) is 3.90. The zero-order valence-corrected chi connectivity index (χ0v) is 20.1. The normalized spacial score (nSPS) is 16.8. The molecule has 1 atom stereocenters. The minimum atomic E-state index is -3.65. The number of carbonyl (C=O) groups is 2. The van der Waals surface area contributed by atoms with Gasteiger partial charge in [0.2, 0.25) is 15.9 Å². The molecule has 7 nitrogen and oxygen atoms in total. The summed E-state index contributed by atoms with van der Waals surface area (Å²) in [5.41, 5.74) is 0.817. The maximum absolute atomic E-state index is 13.1. The predicted molar refractivity (Wildman–Crippen MR) is 126 cm³/mol. The molecule has 0 saturated carbocycles. The summed E-state index contributed by atoms with van der Waals surface area (Å²) >= 11 is 11.9. The molecule has 10 heteroatoms. The molecule has 1 unspecified atom stereocenters. The highest BCUT2D eigenvalue weighted by Gasteiger charge is 2.33. The van der Waals surface area contributed by atoms with Crippen molar-refractivity contribution in [3.05, 3.63) is 58.1 Å². The fourth-order valence-electron chi connectivity index (χ4n) is 3.57. The Morgan fingerprint density at radius 2 is 1.72 bits per heavy atom. The summed E-state index contributed by atoms with van der Waals surface area (Å²) in [5.74, 6) is -0.628. The van der Waals surface area contributed by atoms with Gasteiger partial charge in [-0.2, -0.15) is 0 Å². The van der Waals surface area contributed by atoms with E-state index in [0.29, 0.717) is 34.3 Å². The monoisotopic (exact) mass is 497 g/mol. The third-order valence-electron chi connectivity index (χ3n) is 5.06. The van der Waals surface area contributed by atoms with E-state index in [1.54, 1.807) is 32.0 Å². The molecule has 1 aliphatic rings. The van der Waals surface area contributed by atoms with Crippen LogP contribution in [0.3, 0.4) is 0 Å². The maximum atomic E-state index is 13.1. The Kier molecular flexibility index (Phi) is 7.82. The van der Waals surface area contributed by atoms with Gasteiger partial charge in [-0.1, -0.05) is 23.2 Å². The van der Waals surface area contributed by atoms with Crippen LogP contribution in [0.15, 0.2) is 47.4 Å². The summed E-state index contributed by atoms with van der Waals surface area (Å²) in [7, 11) is -3.65. The Morgan fingerprint density at radius 1 is 1.03 bits per heavy atom. The van der Waals surface area contributed by atoms with E-state index in [4.69, 9.17) is 23.2 Å². The maximum Gasteiger partial charge on any atom is 0.254 e. The van der Waals surface area contributed by atoms with Gasteiger partial charge >= 0.3 is 0 Å². The number of nitrogens with one attached hydrogen (secondary N) is 2. The third-order valence-corrected chi connectivity index (χ3v) is 7.47. The summed E-state index contributed by atoms with van der Waals surface area (Å²) in [6, 6.07) is 9.64. The standard InChI is InChI=1S/C22H25Cl2N3O4S/c1-14(2)26-32(30,31)17-9-6-15(7-10-17)22(29)27-12-4-3-5-20(27)21(28)25-16-8-11-18(23)19(24)13-16/h6-11,13-14,20,26H,3-5,12H2,1-2H3,(H,25,28). The largest absolute Gasteiger partial charge is 0.327 e. The molecule has 1 saturated heterocycles. The fourth-order valence-corrected chi connectivity index (χ4v) is 5.12. The highest BCUT2D eigenvalue weighted by Crippen LogP contribution is 2.26. The van der Waals surface area contributed by atoms with Crippen LogP contribution in [0.2, 0.25) is 10.0 Å². The summed E-state index contributed by atoms with van der Waals surface area (Å²) in [6.07, 6.45) is 2.14. The van der Waals surface area contributed by atoms with E-state index in [2.05, 4.69) is 10.0 Å². The van der Waals surface area contributed by atoms with Crippen molar-refractivity contribution in [3.63, 3.8) is 0 Å². The molecule has 3 rings (SSSR count). The van der Waals surface area contributed by atoms with Crippen LogP contribution in [0.5, 0.6) is 0 Å². The molecule has 0 radical (unpaired) electrons. The minimum Gasteiger partial charge on any atom is -0.327 e. The van der Waals surface area contributed by atoms with Gasteiger partial charge in [0, 0.05) is 23.8 Å². The van der Waals surface area contributed by atoms with Crippen LogP contribution in [0, 0.1) is 0 Å². The number of hydrogen-bond donors (Lipinski definition) is 2. The SMILES string of the molecule is CC(C)NS(=O)(=O)c1ccc(C(=O)N2CCCCC2C(=O)Nc2ccc(Cl)c(Cl)c2)cc1. The van der Waals surface area contributed by atoms with Gasteiger partial charge in [0.1, 0.15) is 6.04 Å². The molecule has 1 fully saturated rings. The molecule has 0 bridgehead atoms. The van der Waals surface area contributed by atoms with Gasteiger partial charge in [-0.05, 0) is 75.6 Å². The molecular weight excluding hydrogens is 473 g/mol. The molecule has 2 amide bonds. The first-order valence-corrected chi connectivity index (χ1v) is 12.5. The summed E-state index contributed by atoms with van der Waals surface area (Å²) in [5, 5.41) is 3.50. The first-order valence-electron chi connectivity index (χ1n) is 10.3. The molecule has 2 aromatic rings. The van der Waals surface area contributed by atoms with Gasteiger partial charge in [0.05, 0.1) is 14.9 Å². The van der Waals surface area contributed by atoms with Crippen molar-refractivity contribution < 1.29 is 18.0 Å². The predicted octanol–water partition coefficient (Wildman–Crippen LogP) is 4.31. The van der Waals surface area contributed by atoms with Gasteiger partial charge in [-0.15, -0.1) is 0 Å². The molecule has 2 aromatic carbocycles. The van der Waals surface area contributed by atoms with Crippen molar-refractivity contribution >= 4 is 50.7 Å². The number of halogens is 2. The smallest absolute Gasteiger partial charge is 0.254 e. The number of carbonyl (C=O) groups excluding carboxylic acids is 2. The van der Waals surface area contributed by atoms with Crippen molar-refractivity contribution in [2.75, 3.05) is 11.9 Å². The van der Waals surface area contributed by atoms with Gasteiger partial charge < -0.3 is 10.2 Å². The van der Waals surface area contributed by atoms with Crippen molar-refractivity contribution in [1.82, 2.24) is 9.62 Å². The Hall–Kier alpha value is -2.13. The number of hydrogen-bond acceptors (Lipinski definition) is 4. The van der Waals surface area contributed by atoms with Crippen LogP contribution in [-0.2, 0) is 14.8 Å². The second-order valence-electron chi connectivity index (χ2n) is 7.93. The molecule has 2 N–H and O–H groups in total. The molecule has 0 spiro atoms. The lowest BCUT2D eigenvalue weighted by atomic mass is 10.00. The van der Waals surface area contributed by atoms with Crippen LogP contribution in [0.25, 0.3) is 0 Å². The quantitative estimate of drug-likeness (QED) is 0.621. The number of piperidine rings is 1. The van der Waals surface area contributed by atoms with Gasteiger partial charge in [-0.25, -0.2) is 13.1 Å². The van der Waals surface area contributed by atoms with Crippen LogP contribution in [-0.4, -0.2) is 43.8 Å². The molecular formula is C22H25Cl2N3O4S. The average Bonchev–Trinajstić information content (AvgIpc) is 2.75. The molecule has 1 aliphatic heterocycles. The molecule has 32 heavy (non-hydrogen) atoms. The second-order valence-corrected chi connectivity index (χ2v) is 10.5. The summed E-state index contributed by atoms with van der Waals surface area (Å²) in [4.78, 5) is 27.7. The number of benzene rings is 2. The molecule has 0 aliphatic carbocycles. The zero-order chi connectivity index (χ0) is 23.5. The van der Waals surface area contributed by atoms with Gasteiger partial charge in [-0.3, -0.25) is 9.59 Å². The van der Waals surface area contributed by atoms with Gasteiger partial charge in [0.15, 0.2) is 0 Å². The fraction of sp³-hybridized carbons (Fsp3) is 0.364. The third kappa shape index (κ3) is 5.81. The topological polar surface area (TPSA) is 95.6 Å². The van der Waals surface area contributed by atoms with Crippen LogP contribution >= 0.6 is 23.2 Å². The van der Waals surface area contributed by atoms with E-state index >= 15 is 0 Å². The van der Waals surface area contributed by atoms with Crippen LogP contribution in [0.4, 0.5) is 5.69 Å². The Balaban J connectivity index is 1.76. The van der Waals surface area contributed by atoms with Crippen molar-refractivity contribution in [2.45, 2.75) is 50.1 Å². The van der Waals surface area contributed by atoms with Crippen molar-refractivity contribution in [2.24, 2.45) is 0 Å². The van der Waals surface area contributed by atoms with E-state index in [0.717, 1.165) is 12.8 Å². The lowest BCUT2D eigenvalue weighted by Crippen LogP contribution is -2.50. The second kappa shape index (κ2) is 10.2. The number of amides is 2. The van der Waals surface area contributed by atoms with Crippen molar-refractivity contribution in [1.29, 1.82) is 0 Å². The summed E-state index contributed by atoms with van der Waals surface area (Å²) < 4.78 is 27.1. The number of nitrogens with zero attached hydrogens (tertiary/aromatic N) is 1. The van der Waals surface area contributed by atoms with Crippen LogP contribution < -0.4 is 10.0 Å². The molecule has 1 heterocycles. The lowest BCUT2D eigenvalue weighted by Gasteiger charge is -2.34. The molecule has 172 valence electrons. The van der Waals surface area contributed by atoms with E-state index in [1.807, 2.05) is 0 Å². The molecule has 0 aromatic heterocycles. The van der Waals surface area contributed by atoms with E-state index < -0.39 is 16.1 Å². The van der Waals surface area contributed by atoms with Gasteiger partial charge in [0.25, 0.3) is 5.91 Å². The minimum absolute atomic E-state index is 0.0790. The average molecular weight is 498 g/mol. The van der Waals surface area contributed by atoms with E-state index in [-0.39, 0.29) is 22.8 Å². The number of anilines is 1. The highest BCUT2D eigenvalue weighted by molar-refractivity contribution is 7.89. The Bertz CT molecular complexity index is 1100. The number of likely N-dealkylation sites (tertiary alicyclic amines) is 1. The Labute approximate surface area is 198 Å². The lowest BCUT2D eigenvalue weighted by molar-refractivity contribution is -0.121. The Morgan fingerprint density at radius 3 is 2.34 bits per heavy atom. The first kappa shape index (κ1) is 24.5. The van der Waals surface area contributed by atoms with Crippen LogP contribution in [0.1, 0.15) is 43.5 Å². The van der Waals surface area contributed by atoms with Crippen molar-refractivity contribution in [3.8, 4) is 0 Å². The van der Waals surface area contributed by atoms with E-state index in [9.17, 15) is 18.0 Å². The van der Waals surface area contributed by atoms with E-state index in [1.165, 1.54) is 29.2 Å². The zero-order valence-electron chi connectivity index (χ0n) is 17.8.